The largest absolute Gasteiger partial charge is 0.327 e. The van der Waals surface area contributed by atoms with Gasteiger partial charge in [-0.2, -0.15) is 0 Å². The number of nitrogens with one attached hydrogen (secondary N) is 3. The standard InChI is InChI=1S/C18H15BrFN3O2/c1-10-15(17(24)22-14-8-6-13(20)7-9-14)16(23-18(25)21-10)11-2-4-12(19)5-3-11/h2-9,16H,1H3,(H,22,24)(H2,21,23,25)/t16-/m1/s1. The highest BCUT2D eigenvalue weighted by Gasteiger charge is 2.31. The van der Waals surface area contributed by atoms with Crippen molar-refractivity contribution in [2.24, 2.45) is 0 Å². The number of benzene rings is 2. The summed E-state index contributed by atoms with van der Waals surface area (Å²) in [6.07, 6.45) is 0. The third-order valence-electron chi connectivity index (χ3n) is 3.82. The summed E-state index contributed by atoms with van der Waals surface area (Å²) in [6.45, 7) is 1.67. The maximum Gasteiger partial charge on any atom is 0.319 e. The van der Waals surface area contributed by atoms with Crippen molar-refractivity contribution in [3.63, 3.8) is 0 Å². The predicted octanol–water partition coefficient (Wildman–Crippen LogP) is 3.85. The van der Waals surface area contributed by atoms with E-state index in [1.165, 1.54) is 24.3 Å². The Morgan fingerprint density at radius 3 is 2.40 bits per heavy atom. The van der Waals surface area contributed by atoms with Gasteiger partial charge in [-0.3, -0.25) is 4.79 Å². The number of hydrogen-bond donors (Lipinski definition) is 3. The monoisotopic (exact) mass is 403 g/mol. The van der Waals surface area contributed by atoms with Crippen LogP contribution in [0.2, 0.25) is 0 Å². The van der Waals surface area contributed by atoms with Crippen LogP contribution < -0.4 is 16.0 Å². The summed E-state index contributed by atoms with van der Waals surface area (Å²) in [6, 6.07) is 11.9. The maximum absolute atomic E-state index is 13.0. The second-order valence-corrected chi connectivity index (χ2v) is 6.50. The van der Waals surface area contributed by atoms with E-state index in [1.54, 1.807) is 6.92 Å². The van der Waals surface area contributed by atoms with E-state index in [0.717, 1.165) is 10.0 Å². The van der Waals surface area contributed by atoms with Crippen LogP contribution >= 0.6 is 15.9 Å². The van der Waals surface area contributed by atoms with E-state index < -0.39 is 6.04 Å². The molecule has 1 heterocycles. The maximum atomic E-state index is 13.0. The third kappa shape index (κ3) is 3.88. The number of halogens is 2. The van der Waals surface area contributed by atoms with E-state index in [9.17, 15) is 14.0 Å². The van der Waals surface area contributed by atoms with Crippen molar-refractivity contribution >= 4 is 33.6 Å². The lowest BCUT2D eigenvalue weighted by molar-refractivity contribution is -0.113. The van der Waals surface area contributed by atoms with Crippen LogP contribution in [0.3, 0.4) is 0 Å². The molecule has 128 valence electrons. The lowest BCUT2D eigenvalue weighted by Gasteiger charge is -2.28. The van der Waals surface area contributed by atoms with Crippen LogP contribution in [0.25, 0.3) is 0 Å². The lowest BCUT2D eigenvalue weighted by atomic mass is 9.95. The Balaban J connectivity index is 1.92. The topological polar surface area (TPSA) is 70.2 Å². The first-order valence-electron chi connectivity index (χ1n) is 7.54. The summed E-state index contributed by atoms with van der Waals surface area (Å²) in [5, 5.41) is 8.11. The van der Waals surface area contributed by atoms with Crippen LogP contribution in [0.5, 0.6) is 0 Å². The third-order valence-corrected chi connectivity index (χ3v) is 4.35. The molecule has 2 aromatic rings. The number of allylic oxidation sites excluding steroid dienone is 1. The Hall–Kier alpha value is -2.67. The van der Waals surface area contributed by atoms with Crippen molar-refractivity contribution in [3.05, 3.63) is 75.7 Å². The minimum absolute atomic E-state index is 0.371. The molecule has 2 aromatic carbocycles. The fourth-order valence-corrected chi connectivity index (χ4v) is 2.90. The van der Waals surface area contributed by atoms with Crippen LogP contribution in [-0.4, -0.2) is 11.9 Å². The Morgan fingerprint density at radius 2 is 1.76 bits per heavy atom. The molecule has 1 aliphatic rings. The van der Waals surface area contributed by atoms with Gasteiger partial charge in [0, 0.05) is 15.9 Å². The molecule has 3 amide bonds. The Labute approximate surface area is 152 Å². The van der Waals surface area contributed by atoms with Crippen molar-refractivity contribution in [3.8, 4) is 0 Å². The van der Waals surface area contributed by atoms with E-state index in [-0.39, 0.29) is 17.8 Å². The summed E-state index contributed by atoms with van der Waals surface area (Å²) < 4.78 is 13.9. The van der Waals surface area contributed by atoms with Gasteiger partial charge in [-0.1, -0.05) is 28.1 Å². The van der Waals surface area contributed by atoms with Crippen molar-refractivity contribution in [2.75, 3.05) is 5.32 Å². The molecule has 0 unspecified atom stereocenters. The van der Waals surface area contributed by atoms with E-state index in [2.05, 4.69) is 31.9 Å². The molecule has 0 saturated carbocycles. The van der Waals surface area contributed by atoms with E-state index in [4.69, 9.17) is 0 Å². The van der Waals surface area contributed by atoms with Gasteiger partial charge in [0.2, 0.25) is 0 Å². The van der Waals surface area contributed by atoms with Crippen LogP contribution in [0, 0.1) is 5.82 Å². The predicted molar refractivity (Wildman–Crippen MR) is 96.3 cm³/mol. The summed E-state index contributed by atoms with van der Waals surface area (Å²) in [5.41, 5.74) is 2.11. The second kappa shape index (κ2) is 7.06. The molecule has 0 saturated heterocycles. The van der Waals surface area contributed by atoms with E-state index >= 15 is 0 Å². The first-order chi connectivity index (χ1) is 11.9. The highest BCUT2D eigenvalue weighted by molar-refractivity contribution is 9.10. The second-order valence-electron chi connectivity index (χ2n) is 5.58. The van der Waals surface area contributed by atoms with Gasteiger partial charge in [-0.05, 0) is 48.9 Å². The fourth-order valence-electron chi connectivity index (χ4n) is 2.63. The zero-order valence-electron chi connectivity index (χ0n) is 13.3. The molecule has 25 heavy (non-hydrogen) atoms. The normalized spacial score (nSPS) is 16.9. The van der Waals surface area contributed by atoms with Gasteiger partial charge in [-0.25, -0.2) is 9.18 Å². The van der Waals surface area contributed by atoms with Gasteiger partial charge < -0.3 is 16.0 Å². The zero-order chi connectivity index (χ0) is 18.0. The highest BCUT2D eigenvalue weighted by Crippen LogP contribution is 2.28. The number of carbonyl (C=O) groups is 2. The number of rotatable bonds is 3. The number of hydrogen-bond acceptors (Lipinski definition) is 2. The highest BCUT2D eigenvalue weighted by atomic mass is 79.9. The molecule has 1 atom stereocenters. The number of amides is 3. The number of carbonyl (C=O) groups excluding carboxylic acids is 2. The van der Waals surface area contributed by atoms with Crippen molar-refractivity contribution < 1.29 is 14.0 Å². The minimum atomic E-state index is -0.581. The Kier molecular flexibility index (Phi) is 4.85. The molecule has 0 fully saturated rings. The smallest absolute Gasteiger partial charge is 0.319 e. The van der Waals surface area contributed by atoms with Crippen LogP contribution in [0.1, 0.15) is 18.5 Å². The molecule has 0 radical (unpaired) electrons. The lowest BCUT2D eigenvalue weighted by Crippen LogP contribution is -2.45. The van der Waals surface area contributed by atoms with Gasteiger partial charge >= 0.3 is 6.03 Å². The average Bonchev–Trinajstić information content (AvgIpc) is 2.57. The van der Waals surface area contributed by atoms with Gasteiger partial charge in [0.1, 0.15) is 5.82 Å². The summed E-state index contributed by atoms with van der Waals surface area (Å²) in [5.74, 6) is -0.753. The van der Waals surface area contributed by atoms with Crippen LogP contribution in [0.4, 0.5) is 14.9 Å². The van der Waals surface area contributed by atoms with Gasteiger partial charge in [0.05, 0.1) is 11.6 Å². The van der Waals surface area contributed by atoms with Gasteiger partial charge in [-0.15, -0.1) is 0 Å². The summed E-state index contributed by atoms with van der Waals surface area (Å²) in [7, 11) is 0. The Morgan fingerprint density at radius 1 is 1.12 bits per heavy atom. The van der Waals surface area contributed by atoms with Crippen molar-refractivity contribution in [2.45, 2.75) is 13.0 Å². The molecule has 0 bridgehead atoms. The zero-order valence-corrected chi connectivity index (χ0v) is 14.9. The van der Waals surface area contributed by atoms with E-state index in [0.29, 0.717) is 17.0 Å². The van der Waals surface area contributed by atoms with Crippen LogP contribution in [-0.2, 0) is 4.79 Å². The van der Waals surface area contributed by atoms with Crippen molar-refractivity contribution in [1.82, 2.24) is 10.6 Å². The molecular weight excluding hydrogens is 389 g/mol. The summed E-state index contributed by atoms with van der Waals surface area (Å²) in [4.78, 5) is 24.6. The fraction of sp³-hybridized carbons (Fsp3) is 0.111. The number of anilines is 1. The number of urea groups is 1. The minimum Gasteiger partial charge on any atom is -0.327 e. The first-order valence-corrected chi connectivity index (χ1v) is 8.34. The molecule has 5 nitrogen and oxygen atoms in total. The molecular formula is C18H15BrFN3O2. The molecule has 0 spiro atoms. The molecule has 0 aliphatic carbocycles. The van der Waals surface area contributed by atoms with E-state index in [1.807, 2.05) is 24.3 Å². The van der Waals surface area contributed by atoms with Gasteiger partial charge in [0.25, 0.3) is 5.91 Å². The quantitative estimate of drug-likeness (QED) is 0.728. The molecule has 7 heteroatoms. The molecule has 3 rings (SSSR count). The van der Waals surface area contributed by atoms with Crippen LogP contribution in [0.15, 0.2) is 64.3 Å². The average molecular weight is 404 g/mol. The Bertz CT molecular complexity index is 848. The SMILES string of the molecule is CC1=C(C(=O)Nc2ccc(F)cc2)[C@@H](c2ccc(Br)cc2)NC(=O)N1. The molecule has 1 aliphatic heterocycles. The summed E-state index contributed by atoms with van der Waals surface area (Å²) >= 11 is 3.37. The van der Waals surface area contributed by atoms with Crippen molar-refractivity contribution in [1.29, 1.82) is 0 Å². The molecule has 0 aromatic heterocycles. The van der Waals surface area contributed by atoms with Gasteiger partial charge in [0.15, 0.2) is 0 Å². The molecule has 3 N–H and O–H groups in total. The first kappa shape index (κ1) is 17.2.